The van der Waals surface area contributed by atoms with Gasteiger partial charge >= 0.3 is 5.97 Å². The fourth-order valence-electron chi connectivity index (χ4n) is 8.96. The first-order valence-electron chi connectivity index (χ1n) is 17.4. The number of methoxy groups -OCH3 is 1. The Kier molecular flexibility index (Phi) is 9.71. The second-order valence-electron chi connectivity index (χ2n) is 13.9. The second kappa shape index (κ2) is 14.1. The smallest absolute Gasteiger partial charge is 0.303 e. The molecule has 0 aromatic heterocycles. The minimum Gasteiger partial charge on any atom is -0.505 e. The molecule has 2 aliphatic heterocycles. The number of carboxylic acids is 1. The van der Waals surface area contributed by atoms with E-state index in [0.717, 1.165) is 11.1 Å². The molecule has 2 heterocycles. The molecule has 3 N–H and O–H groups in total. The Morgan fingerprint density at radius 3 is 2.43 bits per heavy atom. The summed E-state index contributed by atoms with van der Waals surface area (Å²) < 4.78 is 20.7. The molecule has 1 saturated carbocycles. The zero-order valence-corrected chi connectivity index (χ0v) is 30.1. The molecule has 0 radical (unpaired) electrons. The van der Waals surface area contributed by atoms with Gasteiger partial charge in [0.05, 0.1) is 41.0 Å². The number of likely N-dealkylation sites (tertiary alicyclic amines) is 1. The zero-order valence-electron chi connectivity index (χ0n) is 28.6. The highest BCUT2D eigenvalue weighted by molar-refractivity contribution is 6.36. The third-order valence-corrected chi connectivity index (χ3v) is 11.8. The number of carboxylic acid groups (broad SMARTS) is 1. The van der Waals surface area contributed by atoms with Crippen LogP contribution in [0.4, 0.5) is 10.1 Å². The minimum absolute atomic E-state index is 0.00577. The molecule has 14 heteroatoms. The lowest BCUT2D eigenvalue weighted by Crippen LogP contribution is -2.53. The lowest BCUT2D eigenvalue weighted by molar-refractivity contribution is -0.141. The number of anilines is 1. The van der Waals surface area contributed by atoms with Crippen molar-refractivity contribution in [3.63, 3.8) is 0 Å². The molecule has 0 spiro atoms. The summed E-state index contributed by atoms with van der Waals surface area (Å²) in [7, 11) is 1.49. The van der Waals surface area contributed by atoms with E-state index in [9.17, 15) is 24.3 Å². The highest BCUT2D eigenvalue weighted by Crippen LogP contribution is 2.65. The molecule has 6 unspecified atom stereocenters. The predicted molar refractivity (Wildman–Crippen MR) is 192 cm³/mol. The number of phenolic OH excluding ortho intramolecular Hbond substituents is 1. The summed E-state index contributed by atoms with van der Waals surface area (Å²) >= 11 is 12.6. The fraction of sp³-hybridized carbons (Fsp3) is 0.359. The van der Waals surface area contributed by atoms with Crippen LogP contribution in [0.15, 0.2) is 72.3 Å². The number of fused-ring (bicyclic) bond motifs is 4. The maximum Gasteiger partial charge on any atom is 0.303 e. The van der Waals surface area contributed by atoms with Crippen LogP contribution >= 0.6 is 23.2 Å². The number of rotatable bonds is 11. The van der Waals surface area contributed by atoms with Crippen molar-refractivity contribution < 1.29 is 43.3 Å². The standard InChI is InChI=1S/C39H36Cl2FN3O8/c1-53-22-12-9-20(10-13-22)39-27(36(50)45(38(39)52)43-30-16-11-21(40)18-28(30)41)19-26-23(33(39)25-6-5-7-29(42)34(25)48)14-15-24-32(26)37(51)44(35(24)49)17-4-2-3-8-31(46)47/h5-7,9-14,16,18,24,26-27,32-33,43,48H,2-4,8,15,17,19H2,1H3,(H,46,47). The molecule has 2 aliphatic carbocycles. The Morgan fingerprint density at radius 1 is 0.981 bits per heavy atom. The SMILES string of the molecule is COc1ccc(C23C(=O)N(Nc4ccc(Cl)cc4Cl)C(=O)C2CC2C(=CCC4C(=O)N(CCCCCC(=O)O)C(=O)C42)C3c2cccc(F)c2O)cc1. The van der Waals surface area contributed by atoms with Crippen LogP contribution in [0.1, 0.15) is 55.6 Å². The van der Waals surface area contributed by atoms with Crippen LogP contribution in [0.2, 0.25) is 10.0 Å². The number of hydrogen-bond donors (Lipinski definition) is 3. The monoisotopic (exact) mass is 763 g/mol. The molecular formula is C39H36Cl2FN3O8. The van der Waals surface area contributed by atoms with E-state index in [4.69, 9.17) is 33.0 Å². The molecule has 6 atom stereocenters. The third-order valence-electron chi connectivity index (χ3n) is 11.3. The van der Waals surface area contributed by atoms with Crippen molar-refractivity contribution in [2.24, 2.45) is 23.7 Å². The zero-order chi connectivity index (χ0) is 37.8. The van der Waals surface area contributed by atoms with E-state index in [1.807, 2.05) is 6.08 Å². The number of imide groups is 2. The van der Waals surface area contributed by atoms with Crippen LogP contribution in [0.5, 0.6) is 11.5 Å². The summed E-state index contributed by atoms with van der Waals surface area (Å²) in [6.07, 6.45) is 3.29. The molecule has 3 aromatic carbocycles. The summed E-state index contributed by atoms with van der Waals surface area (Å²) in [5.41, 5.74) is 2.37. The number of phenols is 1. The molecule has 3 aromatic rings. The van der Waals surface area contributed by atoms with E-state index in [2.05, 4.69) is 5.43 Å². The van der Waals surface area contributed by atoms with Crippen molar-refractivity contribution in [2.45, 2.75) is 49.9 Å². The van der Waals surface area contributed by atoms with E-state index in [-0.39, 0.29) is 48.0 Å². The van der Waals surface area contributed by atoms with Gasteiger partial charge in [-0.2, -0.15) is 5.01 Å². The Bertz CT molecular complexity index is 2060. The molecule has 53 heavy (non-hydrogen) atoms. The fourth-order valence-corrected chi connectivity index (χ4v) is 9.41. The first-order chi connectivity index (χ1) is 25.4. The Balaban J connectivity index is 1.37. The van der Waals surface area contributed by atoms with Crippen LogP contribution in [0.25, 0.3) is 0 Å². The number of para-hydroxylation sites is 1. The van der Waals surface area contributed by atoms with Crippen molar-refractivity contribution >= 4 is 58.5 Å². The van der Waals surface area contributed by atoms with Crippen LogP contribution in [0.3, 0.4) is 0 Å². The van der Waals surface area contributed by atoms with E-state index < -0.39 is 70.3 Å². The van der Waals surface area contributed by atoms with Gasteiger partial charge in [0, 0.05) is 29.5 Å². The topological polar surface area (TPSA) is 154 Å². The molecule has 0 bridgehead atoms. The highest BCUT2D eigenvalue weighted by atomic mass is 35.5. The van der Waals surface area contributed by atoms with Crippen LogP contribution in [0, 0.1) is 29.5 Å². The summed E-state index contributed by atoms with van der Waals surface area (Å²) in [5.74, 6) is -8.75. The number of nitrogens with one attached hydrogen (secondary N) is 1. The number of carbonyl (C=O) groups is 5. The lowest BCUT2D eigenvalue weighted by atomic mass is 9.49. The Morgan fingerprint density at radius 2 is 1.74 bits per heavy atom. The van der Waals surface area contributed by atoms with Crippen LogP contribution in [-0.4, -0.2) is 63.4 Å². The number of benzene rings is 3. The molecule has 276 valence electrons. The maximum atomic E-state index is 15.3. The van der Waals surface area contributed by atoms with E-state index in [1.165, 1.54) is 36.3 Å². The number of aliphatic carboxylic acids is 1. The molecule has 4 amide bonds. The first-order valence-corrected chi connectivity index (χ1v) is 18.1. The number of allylic oxidation sites excluding steroid dienone is 2. The van der Waals surface area contributed by atoms with Crippen molar-refractivity contribution in [1.29, 1.82) is 0 Å². The van der Waals surface area contributed by atoms with Gasteiger partial charge in [-0.25, -0.2) is 4.39 Å². The van der Waals surface area contributed by atoms with Crippen molar-refractivity contribution in [2.75, 3.05) is 19.1 Å². The number of amides is 4. The normalized spacial score (nSPS) is 26.3. The predicted octanol–water partition coefficient (Wildman–Crippen LogP) is 6.48. The van der Waals surface area contributed by atoms with Crippen molar-refractivity contribution in [3.05, 3.63) is 99.3 Å². The number of aromatic hydroxyl groups is 1. The maximum absolute atomic E-state index is 15.3. The van der Waals surface area contributed by atoms with E-state index in [0.29, 0.717) is 41.2 Å². The number of ether oxygens (including phenoxy) is 1. The number of hydrogen-bond acceptors (Lipinski definition) is 8. The summed E-state index contributed by atoms with van der Waals surface area (Å²) in [6.45, 7) is 0.122. The van der Waals surface area contributed by atoms with E-state index in [1.54, 1.807) is 30.3 Å². The Hall–Kier alpha value is -4.94. The van der Waals surface area contributed by atoms with Gasteiger partial charge < -0.3 is 14.9 Å². The number of unbranched alkanes of at least 4 members (excludes halogenated alkanes) is 2. The van der Waals surface area contributed by atoms with Gasteiger partial charge in [-0.1, -0.05) is 65.5 Å². The number of carbonyl (C=O) groups excluding carboxylic acids is 4. The van der Waals surface area contributed by atoms with Gasteiger partial charge in [-0.15, -0.1) is 0 Å². The molecule has 11 nitrogen and oxygen atoms in total. The Labute approximate surface area is 314 Å². The molecule has 7 rings (SSSR count). The first kappa shape index (κ1) is 36.4. The van der Waals surface area contributed by atoms with Gasteiger partial charge in [0.25, 0.3) is 11.8 Å². The van der Waals surface area contributed by atoms with Crippen molar-refractivity contribution in [3.8, 4) is 11.5 Å². The number of nitrogens with zero attached hydrogens (tertiary/aromatic N) is 2. The van der Waals surface area contributed by atoms with Gasteiger partial charge in [0.2, 0.25) is 11.8 Å². The average Bonchev–Trinajstić information content (AvgIpc) is 3.50. The van der Waals surface area contributed by atoms with Gasteiger partial charge in [-0.05, 0) is 73.6 Å². The lowest BCUT2D eigenvalue weighted by Gasteiger charge is -2.50. The summed E-state index contributed by atoms with van der Waals surface area (Å²) in [5, 5.41) is 21.7. The molecular weight excluding hydrogens is 728 g/mol. The van der Waals surface area contributed by atoms with Crippen LogP contribution < -0.4 is 10.2 Å². The number of hydrazine groups is 1. The van der Waals surface area contributed by atoms with Gasteiger partial charge in [0.1, 0.15) is 5.75 Å². The summed E-state index contributed by atoms with van der Waals surface area (Å²) in [4.78, 5) is 70.2. The molecule has 4 aliphatic rings. The molecule has 3 fully saturated rings. The third kappa shape index (κ3) is 5.92. The quantitative estimate of drug-likeness (QED) is 0.113. The molecule has 2 saturated heterocycles. The minimum atomic E-state index is -1.76. The highest BCUT2D eigenvalue weighted by Gasteiger charge is 2.70. The van der Waals surface area contributed by atoms with Gasteiger partial charge in [-0.3, -0.25) is 34.3 Å². The summed E-state index contributed by atoms with van der Waals surface area (Å²) in [6, 6.07) is 15.2. The van der Waals surface area contributed by atoms with E-state index >= 15 is 9.18 Å². The average molecular weight is 765 g/mol. The van der Waals surface area contributed by atoms with Crippen molar-refractivity contribution in [1.82, 2.24) is 9.91 Å². The largest absolute Gasteiger partial charge is 0.505 e. The van der Waals surface area contributed by atoms with Crippen LogP contribution in [-0.2, 0) is 29.4 Å². The second-order valence-corrected chi connectivity index (χ2v) is 14.8. The number of halogens is 3. The van der Waals surface area contributed by atoms with Gasteiger partial charge in [0.15, 0.2) is 11.6 Å².